The molecule has 1 aromatic rings. The van der Waals surface area contributed by atoms with Gasteiger partial charge in [0.2, 0.25) is 6.04 Å². The summed E-state index contributed by atoms with van der Waals surface area (Å²) in [5, 5.41) is 12.7. The maximum atomic E-state index is 11.4. The summed E-state index contributed by atoms with van der Waals surface area (Å²) >= 11 is 3.05. The molecule has 8 heteroatoms. The largest absolute Gasteiger partial charge is 0.467 e. The van der Waals surface area contributed by atoms with Crippen LogP contribution in [0.15, 0.2) is 10.7 Å². The highest BCUT2D eigenvalue weighted by Gasteiger charge is 2.27. The normalized spacial score (nSPS) is 11.4. The van der Waals surface area contributed by atoms with Gasteiger partial charge in [-0.15, -0.1) is 0 Å². The third kappa shape index (κ3) is 2.62. The van der Waals surface area contributed by atoms with Crippen LogP contribution in [0.2, 0.25) is 0 Å². The molecule has 1 rings (SSSR count). The molecule has 1 aromatic heterocycles. The number of carbonyl (C=O) groups excluding carboxylic acids is 2. The summed E-state index contributed by atoms with van der Waals surface area (Å²) in [5.41, 5.74) is -0.0173. The van der Waals surface area contributed by atoms with E-state index >= 15 is 0 Å². The minimum absolute atomic E-state index is 0.0173. The van der Waals surface area contributed by atoms with Crippen molar-refractivity contribution in [3.63, 3.8) is 0 Å². The Morgan fingerprint density at radius 1 is 1.53 bits per heavy atom. The van der Waals surface area contributed by atoms with Gasteiger partial charge in [-0.2, -0.15) is 10.4 Å². The minimum Gasteiger partial charge on any atom is -0.467 e. The molecule has 0 saturated carbocycles. The zero-order chi connectivity index (χ0) is 13.0. The second-order valence-electron chi connectivity index (χ2n) is 2.84. The van der Waals surface area contributed by atoms with E-state index in [0.29, 0.717) is 4.60 Å². The van der Waals surface area contributed by atoms with Crippen LogP contribution in [0.3, 0.4) is 0 Å². The van der Waals surface area contributed by atoms with Crippen LogP contribution < -0.4 is 0 Å². The van der Waals surface area contributed by atoms with Crippen molar-refractivity contribution in [1.29, 1.82) is 5.26 Å². The predicted molar refractivity (Wildman–Crippen MR) is 57.9 cm³/mol. The first-order valence-electron chi connectivity index (χ1n) is 4.36. The van der Waals surface area contributed by atoms with E-state index in [2.05, 4.69) is 30.5 Å². The van der Waals surface area contributed by atoms with Crippen LogP contribution in [-0.2, 0) is 14.3 Å². The molecule has 0 aliphatic rings. The van der Waals surface area contributed by atoms with Crippen LogP contribution in [0.1, 0.15) is 16.5 Å². The quantitative estimate of drug-likeness (QED) is 0.762. The van der Waals surface area contributed by atoms with E-state index in [0.717, 1.165) is 11.8 Å². The summed E-state index contributed by atoms with van der Waals surface area (Å²) in [6.45, 7) is 0. The van der Waals surface area contributed by atoms with Crippen LogP contribution in [0, 0.1) is 11.3 Å². The first-order chi connectivity index (χ1) is 8.04. The second-order valence-corrected chi connectivity index (χ2v) is 3.66. The maximum Gasteiger partial charge on any atom is 0.356 e. The fourth-order valence-corrected chi connectivity index (χ4v) is 1.53. The molecule has 0 aliphatic heterocycles. The smallest absolute Gasteiger partial charge is 0.356 e. The number of nitriles is 1. The highest BCUT2D eigenvalue weighted by atomic mass is 79.9. The van der Waals surface area contributed by atoms with Gasteiger partial charge < -0.3 is 9.47 Å². The van der Waals surface area contributed by atoms with Gasteiger partial charge in [-0.05, 0) is 15.9 Å². The molecule has 1 heterocycles. The average Bonchev–Trinajstić information content (AvgIpc) is 2.70. The number of methoxy groups -OCH3 is 2. The third-order valence-corrected chi connectivity index (χ3v) is 2.28. The van der Waals surface area contributed by atoms with Crippen molar-refractivity contribution in [3.05, 3.63) is 16.4 Å². The van der Waals surface area contributed by atoms with Crippen LogP contribution in [0.25, 0.3) is 0 Å². The van der Waals surface area contributed by atoms with E-state index in [4.69, 9.17) is 5.26 Å². The van der Waals surface area contributed by atoms with Crippen LogP contribution >= 0.6 is 15.9 Å². The summed E-state index contributed by atoms with van der Waals surface area (Å²) in [6, 6.07) is 1.71. The first-order valence-corrected chi connectivity index (χ1v) is 5.15. The summed E-state index contributed by atoms with van der Waals surface area (Å²) < 4.78 is 10.2. The standard InChI is InChI=1S/C9H8BrN3O4/c1-16-8(14)5-3-7(10)12-13(5)6(4-11)9(15)17-2/h3,6H,1-2H3. The molecule has 1 atom stereocenters. The molecular formula is C9H8BrN3O4. The van der Waals surface area contributed by atoms with Crippen molar-refractivity contribution >= 4 is 27.9 Å². The van der Waals surface area contributed by atoms with Crippen LogP contribution in [0.4, 0.5) is 0 Å². The van der Waals surface area contributed by atoms with Crippen molar-refractivity contribution < 1.29 is 19.1 Å². The molecule has 0 saturated heterocycles. The van der Waals surface area contributed by atoms with E-state index in [1.165, 1.54) is 13.2 Å². The third-order valence-electron chi connectivity index (χ3n) is 1.89. The Morgan fingerprint density at radius 3 is 2.65 bits per heavy atom. The van der Waals surface area contributed by atoms with Crippen molar-refractivity contribution in [2.24, 2.45) is 0 Å². The number of halogens is 1. The number of aromatic nitrogens is 2. The lowest BCUT2D eigenvalue weighted by Gasteiger charge is -2.09. The molecule has 0 aromatic carbocycles. The van der Waals surface area contributed by atoms with Crippen LogP contribution in [0.5, 0.6) is 0 Å². The van der Waals surface area contributed by atoms with Gasteiger partial charge in [0, 0.05) is 6.07 Å². The van der Waals surface area contributed by atoms with Crippen molar-refractivity contribution in [3.8, 4) is 6.07 Å². The highest BCUT2D eigenvalue weighted by Crippen LogP contribution is 2.17. The number of nitrogens with zero attached hydrogens (tertiary/aromatic N) is 3. The Bertz CT molecular complexity index is 491. The van der Waals surface area contributed by atoms with Gasteiger partial charge in [0.15, 0.2) is 0 Å². The summed E-state index contributed by atoms with van der Waals surface area (Å²) in [7, 11) is 2.33. The predicted octanol–water partition coefficient (Wildman–Crippen LogP) is 0.670. The number of hydrogen-bond acceptors (Lipinski definition) is 6. The Balaban J connectivity index is 3.25. The molecule has 0 amide bonds. The zero-order valence-electron chi connectivity index (χ0n) is 9.01. The fourth-order valence-electron chi connectivity index (χ4n) is 1.14. The van der Waals surface area contributed by atoms with Crippen molar-refractivity contribution in [2.45, 2.75) is 6.04 Å². The van der Waals surface area contributed by atoms with Gasteiger partial charge in [-0.25, -0.2) is 14.3 Å². The molecule has 0 spiro atoms. The summed E-state index contributed by atoms with van der Waals surface area (Å²) in [5.74, 6) is -1.51. The topological polar surface area (TPSA) is 94.2 Å². The van der Waals surface area contributed by atoms with Gasteiger partial charge in [0.1, 0.15) is 16.4 Å². The Hall–Kier alpha value is -1.88. The molecule has 1 unspecified atom stereocenters. The van der Waals surface area contributed by atoms with Gasteiger partial charge in [-0.1, -0.05) is 0 Å². The van der Waals surface area contributed by atoms with Crippen LogP contribution in [-0.4, -0.2) is 35.9 Å². The lowest BCUT2D eigenvalue weighted by Crippen LogP contribution is -2.24. The van der Waals surface area contributed by atoms with E-state index < -0.39 is 18.0 Å². The lowest BCUT2D eigenvalue weighted by atomic mass is 10.3. The Morgan fingerprint density at radius 2 is 2.18 bits per heavy atom. The SMILES string of the molecule is COC(=O)c1cc(Br)nn1C(C#N)C(=O)OC. The molecule has 90 valence electrons. The molecule has 0 aliphatic carbocycles. The van der Waals surface area contributed by atoms with Gasteiger partial charge >= 0.3 is 11.9 Å². The van der Waals surface area contributed by atoms with E-state index in [9.17, 15) is 9.59 Å². The minimum atomic E-state index is -1.33. The number of ether oxygens (including phenoxy) is 2. The number of carbonyl (C=O) groups is 2. The monoisotopic (exact) mass is 301 g/mol. The average molecular weight is 302 g/mol. The first kappa shape index (κ1) is 13.2. The van der Waals surface area contributed by atoms with Gasteiger partial charge in [0.25, 0.3) is 0 Å². The number of esters is 2. The molecule has 0 N–H and O–H groups in total. The Labute approximate surface area is 105 Å². The van der Waals surface area contributed by atoms with E-state index in [-0.39, 0.29) is 5.69 Å². The number of rotatable bonds is 3. The summed E-state index contributed by atoms with van der Waals surface area (Å²) in [4.78, 5) is 22.8. The molecule has 0 bridgehead atoms. The van der Waals surface area contributed by atoms with E-state index in [1.54, 1.807) is 6.07 Å². The summed E-state index contributed by atoms with van der Waals surface area (Å²) in [6.07, 6.45) is 0. The highest BCUT2D eigenvalue weighted by molar-refractivity contribution is 9.10. The van der Waals surface area contributed by atoms with Gasteiger partial charge in [0.05, 0.1) is 14.2 Å². The molecule has 17 heavy (non-hydrogen) atoms. The van der Waals surface area contributed by atoms with Crippen molar-refractivity contribution in [1.82, 2.24) is 9.78 Å². The number of hydrogen-bond donors (Lipinski definition) is 0. The molecule has 7 nitrogen and oxygen atoms in total. The fraction of sp³-hybridized carbons (Fsp3) is 0.333. The van der Waals surface area contributed by atoms with E-state index in [1.807, 2.05) is 0 Å². The van der Waals surface area contributed by atoms with Gasteiger partial charge in [-0.3, -0.25) is 0 Å². The zero-order valence-corrected chi connectivity index (χ0v) is 10.6. The lowest BCUT2D eigenvalue weighted by molar-refractivity contribution is -0.143. The molecular weight excluding hydrogens is 294 g/mol. The molecule has 0 fully saturated rings. The molecule has 0 radical (unpaired) electrons. The second kappa shape index (κ2) is 5.45. The Kier molecular flexibility index (Phi) is 4.23. The van der Waals surface area contributed by atoms with Crippen molar-refractivity contribution in [2.75, 3.05) is 14.2 Å². The maximum absolute atomic E-state index is 11.4.